The van der Waals surface area contributed by atoms with Crippen LogP contribution in [0.1, 0.15) is 26.2 Å². The predicted molar refractivity (Wildman–Crippen MR) is 58.1 cm³/mol. The first kappa shape index (κ1) is 10.8. The van der Waals surface area contributed by atoms with Crippen LogP contribution in [-0.2, 0) is 0 Å². The first-order valence-electron chi connectivity index (χ1n) is 5.06. The van der Waals surface area contributed by atoms with Crippen LogP contribution in [0.15, 0.2) is 4.99 Å². The topological polar surface area (TPSA) is 91.5 Å². The zero-order chi connectivity index (χ0) is 10.6. The molecule has 0 radical (unpaired) electrons. The van der Waals surface area contributed by atoms with Gasteiger partial charge in [0.1, 0.15) is 0 Å². The van der Waals surface area contributed by atoms with E-state index in [2.05, 4.69) is 11.9 Å². The highest BCUT2D eigenvalue weighted by atomic mass is 15.3. The van der Waals surface area contributed by atoms with Crippen molar-refractivity contribution in [3.8, 4) is 0 Å². The lowest BCUT2D eigenvalue weighted by Crippen LogP contribution is -2.35. The molecule has 0 aromatic carbocycles. The van der Waals surface area contributed by atoms with Crippen molar-refractivity contribution >= 4 is 11.9 Å². The Kier molecular flexibility index (Phi) is 3.73. The Labute approximate surface area is 84.7 Å². The zero-order valence-corrected chi connectivity index (χ0v) is 8.66. The van der Waals surface area contributed by atoms with Crippen molar-refractivity contribution in [3.63, 3.8) is 0 Å². The van der Waals surface area contributed by atoms with Gasteiger partial charge in [-0.3, -0.25) is 5.41 Å². The van der Waals surface area contributed by atoms with Crippen molar-refractivity contribution in [2.75, 3.05) is 13.1 Å². The molecule has 1 fully saturated rings. The molecule has 5 nitrogen and oxygen atoms in total. The Morgan fingerprint density at radius 3 is 2.57 bits per heavy atom. The molecule has 1 aliphatic carbocycles. The molecule has 0 unspecified atom stereocenters. The highest BCUT2D eigenvalue weighted by Crippen LogP contribution is 2.29. The van der Waals surface area contributed by atoms with Gasteiger partial charge in [-0.2, -0.15) is 4.99 Å². The van der Waals surface area contributed by atoms with E-state index in [1.54, 1.807) is 0 Å². The fourth-order valence-electron chi connectivity index (χ4n) is 1.36. The van der Waals surface area contributed by atoms with Crippen LogP contribution in [0.5, 0.6) is 0 Å². The maximum absolute atomic E-state index is 7.68. The van der Waals surface area contributed by atoms with Gasteiger partial charge in [-0.15, -0.1) is 0 Å². The molecule has 1 saturated carbocycles. The van der Waals surface area contributed by atoms with Crippen molar-refractivity contribution in [3.05, 3.63) is 0 Å². The van der Waals surface area contributed by atoms with Crippen molar-refractivity contribution in [2.45, 2.75) is 26.2 Å². The molecule has 80 valence electrons. The van der Waals surface area contributed by atoms with E-state index in [0.29, 0.717) is 0 Å². The first-order chi connectivity index (χ1) is 6.63. The number of hydrogen-bond acceptors (Lipinski definition) is 1. The van der Waals surface area contributed by atoms with E-state index in [1.165, 1.54) is 12.8 Å². The molecule has 1 aliphatic rings. The minimum absolute atomic E-state index is 0.0353. The normalized spacial score (nSPS) is 14.9. The molecule has 0 aromatic rings. The van der Waals surface area contributed by atoms with Crippen LogP contribution in [0, 0.1) is 11.3 Å². The molecule has 0 aromatic heterocycles. The molecular weight excluding hydrogens is 178 g/mol. The monoisotopic (exact) mass is 197 g/mol. The third-order valence-electron chi connectivity index (χ3n) is 2.20. The second-order valence-corrected chi connectivity index (χ2v) is 3.75. The quantitative estimate of drug-likeness (QED) is 0.447. The van der Waals surface area contributed by atoms with Gasteiger partial charge in [-0.05, 0) is 25.2 Å². The summed E-state index contributed by atoms with van der Waals surface area (Å²) in [6.45, 7) is 3.86. The summed E-state index contributed by atoms with van der Waals surface area (Å²) in [6.07, 6.45) is 3.56. The third kappa shape index (κ3) is 3.64. The number of nitrogens with one attached hydrogen (secondary N) is 1. The number of nitrogens with two attached hydrogens (primary N) is 2. The second-order valence-electron chi connectivity index (χ2n) is 3.75. The van der Waals surface area contributed by atoms with Crippen molar-refractivity contribution in [1.82, 2.24) is 4.90 Å². The van der Waals surface area contributed by atoms with E-state index in [9.17, 15) is 0 Å². The van der Waals surface area contributed by atoms with Crippen LogP contribution in [0.25, 0.3) is 0 Å². The van der Waals surface area contributed by atoms with E-state index in [4.69, 9.17) is 16.9 Å². The van der Waals surface area contributed by atoms with Gasteiger partial charge in [-0.1, -0.05) is 6.92 Å². The van der Waals surface area contributed by atoms with Crippen LogP contribution in [-0.4, -0.2) is 29.9 Å². The SMILES string of the molecule is CCCN(CC1CC1)C(=N)N=C(N)N. The van der Waals surface area contributed by atoms with Crippen LogP contribution in [0.3, 0.4) is 0 Å². The van der Waals surface area contributed by atoms with Gasteiger partial charge in [0, 0.05) is 13.1 Å². The van der Waals surface area contributed by atoms with E-state index >= 15 is 0 Å². The summed E-state index contributed by atoms with van der Waals surface area (Å²) in [7, 11) is 0. The summed E-state index contributed by atoms with van der Waals surface area (Å²) in [5.74, 6) is 0.904. The molecule has 0 spiro atoms. The predicted octanol–water partition coefficient (Wildman–Crippen LogP) is 0.317. The Bertz CT molecular complexity index is 227. The molecule has 0 heterocycles. The molecule has 0 saturated heterocycles. The van der Waals surface area contributed by atoms with Crippen molar-refractivity contribution in [1.29, 1.82) is 5.41 Å². The zero-order valence-electron chi connectivity index (χ0n) is 8.66. The van der Waals surface area contributed by atoms with Crippen LogP contribution in [0.2, 0.25) is 0 Å². The summed E-state index contributed by atoms with van der Waals surface area (Å²) in [5.41, 5.74) is 10.5. The minimum Gasteiger partial charge on any atom is -0.370 e. The summed E-state index contributed by atoms with van der Waals surface area (Å²) in [5, 5.41) is 7.68. The summed E-state index contributed by atoms with van der Waals surface area (Å²) in [4.78, 5) is 5.70. The molecule has 14 heavy (non-hydrogen) atoms. The Morgan fingerprint density at radius 1 is 1.50 bits per heavy atom. The van der Waals surface area contributed by atoms with E-state index in [-0.39, 0.29) is 11.9 Å². The number of guanidine groups is 2. The van der Waals surface area contributed by atoms with Crippen LogP contribution < -0.4 is 11.5 Å². The summed E-state index contributed by atoms with van der Waals surface area (Å²) < 4.78 is 0. The number of hydrogen-bond donors (Lipinski definition) is 3. The number of nitrogens with zero attached hydrogens (tertiary/aromatic N) is 2. The molecular formula is C9H19N5. The third-order valence-corrected chi connectivity index (χ3v) is 2.20. The second kappa shape index (κ2) is 4.83. The highest BCUT2D eigenvalue weighted by molar-refractivity contribution is 5.91. The number of aliphatic imine (C=N–C) groups is 1. The lowest BCUT2D eigenvalue weighted by Gasteiger charge is -2.21. The minimum atomic E-state index is -0.0353. The van der Waals surface area contributed by atoms with Gasteiger partial charge in [0.25, 0.3) is 0 Å². The Balaban J connectivity index is 2.46. The molecule has 0 bridgehead atoms. The smallest absolute Gasteiger partial charge is 0.221 e. The number of rotatable bonds is 4. The highest BCUT2D eigenvalue weighted by Gasteiger charge is 2.25. The average molecular weight is 197 g/mol. The maximum atomic E-state index is 7.68. The van der Waals surface area contributed by atoms with E-state index in [0.717, 1.165) is 25.4 Å². The van der Waals surface area contributed by atoms with Gasteiger partial charge < -0.3 is 16.4 Å². The molecule has 5 N–H and O–H groups in total. The van der Waals surface area contributed by atoms with E-state index in [1.807, 2.05) is 4.90 Å². The van der Waals surface area contributed by atoms with Crippen LogP contribution >= 0.6 is 0 Å². The summed E-state index contributed by atoms with van der Waals surface area (Å²) in [6, 6.07) is 0. The van der Waals surface area contributed by atoms with Gasteiger partial charge in [0.05, 0.1) is 0 Å². The molecule has 0 aliphatic heterocycles. The average Bonchev–Trinajstić information content (AvgIpc) is 2.86. The molecule has 5 heteroatoms. The molecule has 1 rings (SSSR count). The van der Waals surface area contributed by atoms with Crippen molar-refractivity contribution in [2.24, 2.45) is 22.4 Å². The van der Waals surface area contributed by atoms with Gasteiger partial charge in [0.15, 0.2) is 5.96 Å². The standard InChI is InChI=1S/C9H19N5/c1-2-5-14(6-7-3-4-7)9(12)13-8(10)11/h7H,2-6H2,1H3,(H5,10,11,12,13). The fraction of sp³-hybridized carbons (Fsp3) is 0.778. The maximum Gasteiger partial charge on any atom is 0.221 e. The van der Waals surface area contributed by atoms with Crippen molar-refractivity contribution < 1.29 is 0 Å². The van der Waals surface area contributed by atoms with E-state index < -0.39 is 0 Å². The lowest BCUT2D eigenvalue weighted by molar-refractivity contribution is 0.393. The van der Waals surface area contributed by atoms with Gasteiger partial charge in [0.2, 0.25) is 5.96 Å². The summed E-state index contributed by atoms with van der Waals surface area (Å²) >= 11 is 0. The first-order valence-corrected chi connectivity index (χ1v) is 5.06. The lowest BCUT2D eigenvalue weighted by atomic mass is 10.3. The van der Waals surface area contributed by atoms with Crippen LogP contribution in [0.4, 0.5) is 0 Å². The molecule has 0 atom stereocenters. The Hall–Kier alpha value is -1.26. The molecule has 0 amide bonds. The van der Waals surface area contributed by atoms with Gasteiger partial charge in [-0.25, -0.2) is 0 Å². The fourth-order valence-corrected chi connectivity index (χ4v) is 1.36. The largest absolute Gasteiger partial charge is 0.370 e. The Morgan fingerprint density at radius 2 is 2.14 bits per heavy atom. The van der Waals surface area contributed by atoms with Gasteiger partial charge >= 0.3 is 0 Å².